The fourth-order valence-corrected chi connectivity index (χ4v) is 3.11. The van der Waals surface area contributed by atoms with E-state index in [0.717, 1.165) is 10.4 Å². The van der Waals surface area contributed by atoms with E-state index in [1.807, 2.05) is 30.3 Å². The summed E-state index contributed by atoms with van der Waals surface area (Å²) < 4.78 is 7.89. The van der Waals surface area contributed by atoms with Crippen molar-refractivity contribution in [2.75, 3.05) is 12.0 Å². The Hall–Kier alpha value is -3.36. The Labute approximate surface area is 174 Å². The lowest BCUT2D eigenvalue weighted by Crippen LogP contribution is -2.35. The maximum Gasteiger partial charge on any atom is 0.283 e. The number of carbonyl (C=O) groups excluding carboxylic acids is 1. The largest absolute Gasteiger partial charge is 0.482 e. The third-order valence-electron chi connectivity index (χ3n) is 3.99. The normalized spacial score (nSPS) is 10.8. The van der Waals surface area contributed by atoms with Crippen LogP contribution in [0.1, 0.15) is 0 Å². The van der Waals surface area contributed by atoms with E-state index in [1.165, 1.54) is 18.6 Å². The summed E-state index contributed by atoms with van der Waals surface area (Å²) >= 11 is 11.8. The number of hydrogen-bond acceptors (Lipinski definition) is 5. The Bertz CT molecular complexity index is 1250. The molecule has 2 aromatic heterocycles. The highest BCUT2D eigenvalue weighted by molar-refractivity contribution is 6.35. The van der Waals surface area contributed by atoms with Crippen LogP contribution in [0.3, 0.4) is 0 Å². The van der Waals surface area contributed by atoms with Gasteiger partial charge in [0, 0.05) is 5.02 Å². The summed E-state index contributed by atoms with van der Waals surface area (Å²) in [6.07, 6.45) is 2.63. The zero-order valence-electron chi connectivity index (χ0n) is 14.8. The molecular weight excluding hydrogens is 417 g/mol. The first kappa shape index (κ1) is 19.0. The first-order chi connectivity index (χ1) is 14.0. The van der Waals surface area contributed by atoms with Gasteiger partial charge in [-0.1, -0.05) is 41.4 Å². The number of aromatic nitrogens is 4. The van der Waals surface area contributed by atoms with Crippen LogP contribution in [0, 0.1) is 0 Å². The van der Waals surface area contributed by atoms with Gasteiger partial charge in [-0.05, 0) is 30.3 Å². The van der Waals surface area contributed by atoms with Crippen molar-refractivity contribution in [3.8, 4) is 11.4 Å². The fourth-order valence-electron chi connectivity index (χ4n) is 2.65. The molecule has 0 saturated carbocycles. The molecule has 0 radical (unpaired) electrons. The minimum atomic E-state index is -0.560. The number of amides is 1. The van der Waals surface area contributed by atoms with Gasteiger partial charge in [-0.15, -0.1) is 0 Å². The Morgan fingerprint density at radius 2 is 1.93 bits per heavy atom. The Kier molecular flexibility index (Phi) is 5.20. The molecule has 0 aliphatic rings. The topological polar surface area (TPSA) is 91.0 Å². The van der Waals surface area contributed by atoms with Gasteiger partial charge >= 0.3 is 0 Å². The molecule has 0 saturated heterocycles. The van der Waals surface area contributed by atoms with Gasteiger partial charge < -0.3 is 4.74 Å². The molecule has 0 aliphatic heterocycles. The minimum Gasteiger partial charge on any atom is -0.482 e. The van der Waals surface area contributed by atoms with Gasteiger partial charge in [-0.3, -0.25) is 15.0 Å². The number of fused-ring (bicyclic) bond motifs is 1. The van der Waals surface area contributed by atoms with Crippen LogP contribution in [0.4, 0.5) is 0 Å². The third kappa shape index (κ3) is 3.94. The Morgan fingerprint density at radius 3 is 2.69 bits per heavy atom. The third-order valence-corrected chi connectivity index (χ3v) is 4.52. The van der Waals surface area contributed by atoms with E-state index in [1.54, 1.807) is 16.8 Å². The highest BCUT2D eigenvalue weighted by atomic mass is 35.5. The van der Waals surface area contributed by atoms with Crippen LogP contribution in [-0.4, -0.2) is 32.0 Å². The van der Waals surface area contributed by atoms with Crippen LogP contribution in [0.15, 0.2) is 65.8 Å². The molecule has 2 heterocycles. The summed E-state index contributed by atoms with van der Waals surface area (Å²) in [5, 5.41) is 5.21. The van der Waals surface area contributed by atoms with Crippen molar-refractivity contribution in [2.45, 2.75) is 0 Å². The highest BCUT2D eigenvalue weighted by Gasteiger charge is 2.13. The molecule has 1 N–H and O–H groups in total. The van der Waals surface area contributed by atoms with E-state index in [0.29, 0.717) is 16.4 Å². The molecule has 0 spiro atoms. The first-order valence-electron chi connectivity index (χ1n) is 8.41. The molecule has 4 aromatic rings. The van der Waals surface area contributed by atoms with Crippen LogP contribution in [0.5, 0.6) is 5.75 Å². The number of benzene rings is 2. The van der Waals surface area contributed by atoms with Crippen molar-refractivity contribution in [3.63, 3.8) is 0 Å². The number of rotatable bonds is 5. The molecule has 10 heteroatoms. The van der Waals surface area contributed by atoms with E-state index < -0.39 is 11.5 Å². The Balaban J connectivity index is 1.52. The van der Waals surface area contributed by atoms with Crippen LogP contribution in [0.2, 0.25) is 10.0 Å². The average molecular weight is 430 g/mol. The van der Waals surface area contributed by atoms with Crippen molar-refractivity contribution in [3.05, 3.63) is 81.5 Å². The monoisotopic (exact) mass is 429 g/mol. The van der Waals surface area contributed by atoms with E-state index in [-0.39, 0.29) is 17.0 Å². The van der Waals surface area contributed by atoms with E-state index in [9.17, 15) is 9.59 Å². The zero-order valence-corrected chi connectivity index (χ0v) is 16.3. The summed E-state index contributed by atoms with van der Waals surface area (Å²) in [6, 6.07) is 13.9. The molecule has 0 atom stereocenters. The SMILES string of the molecule is O=C(COc1ccc(Cl)cc1Cl)Nn1cnc2c(cnn2-c2ccccc2)c1=O. The quantitative estimate of drug-likeness (QED) is 0.526. The second-order valence-corrected chi connectivity index (χ2v) is 6.79. The molecule has 1 amide bonds. The van der Waals surface area contributed by atoms with Crippen molar-refractivity contribution < 1.29 is 9.53 Å². The second-order valence-electron chi connectivity index (χ2n) is 5.95. The summed E-state index contributed by atoms with van der Waals surface area (Å²) in [5.74, 6) is -0.258. The van der Waals surface area contributed by atoms with Gasteiger partial charge in [0.1, 0.15) is 17.5 Å². The fraction of sp³-hybridized carbons (Fsp3) is 0.0526. The standard InChI is InChI=1S/C19H13Cl2N5O3/c20-12-6-7-16(15(21)8-12)29-10-17(27)24-25-11-22-18-14(19(25)28)9-23-26(18)13-4-2-1-3-5-13/h1-9,11H,10H2,(H,24,27). The van der Waals surface area contributed by atoms with Crippen LogP contribution >= 0.6 is 23.2 Å². The molecule has 0 aliphatic carbocycles. The number of para-hydroxylation sites is 1. The van der Waals surface area contributed by atoms with Gasteiger partial charge in [0.25, 0.3) is 11.5 Å². The maximum atomic E-state index is 12.7. The molecule has 29 heavy (non-hydrogen) atoms. The van der Waals surface area contributed by atoms with E-state index in [2.05, 4.69) is 15.5 Å². The van der Waals surface area contributed by atoms with E-state index >= 15 is 0 Å². The summed E-state index contributed by atoms with van der Waals surface area (Å²) in [6.45, 7) is -0.352. The number of ether oxygens (including phenoxy) is 1. The molecule has 0 unspecified atom stereocenters. The molecule has 0 fully saturated rings. The minimum absolute atomic E-state index is 0.262. The molecule has 4 rings (SSSR count). The lowest BCUT2D eigenvalue weighted by atomic mass is 10.3. The first-order valence-corrected chi connectivity index (χ1v) is 9.17. The van der Waals surface area contributed by atoms with Crippen LogP contribution < -0.4 is 15.7 Å². The summed E-state index contributed by atoms with van der Waals surface area (Å²) in [7, 11) is 0. The summed E-state index contributed by atoms with van der Waals surface area (Å²) in [5.41, 5.74) is 3.11. The second kappa shape index (κ2) is 7.94. The number of nitrogens with zero attached hydrogens (tertiary/aromatic N) is 4. The molecule has 8 nitrogen and oxygen atoms in total. The number of nitrogens with one attached hydrogen (secondary N) is 1. The van der Waals surface area contributed by atoms with Gasteiger partial charge in [0.2, 0.25) is 0 Å². The molecule has 2 aromatic carbocycles. The molecule has 0 bridgehead atoms. The predicted octanol–water partition coefficient (Wildman–Crippen LogP) is 3.04. The van der Waals surface area contributed by atoms with Crippen LogP contribution in [-0.2, 0) is 4.79 Å². The summed E-state index contributed by atoms with van der Waals surface area (Å²) in [4.78, 5) is 29.1. The number of halogens is 2. The van der Waals surface area contributed by atoms with Crippen molar-refractivity contribution in [2.24, 2.45) is 0 Å². The van der Waals surface area contributed by atoms with Gasteiger partial charge in [-0.25, -0.2) is 14.3 Å². The smallest absolute Gasteiger partial charge is 0.283 e. The van der Waals surface area contributed by atoms with Gasteiger partial charge in [0.05, 0.1) is 16.9 Å². The van der Waals surface area contributed by atoms with Gasteiger partial charge in [0.15, 0.2) is 12.3 Å². The van der Waals surface area contributed by atoms with Crippen molar-refractivity contribution in [1.82, 2.24) is 19.4 Å². The maximum absolute atomic E-state index is 12.7. The van der Waals surface area contributed by atoms with Crippen molar-refractivity contribution >= 4 is 40.1 Å². The number of hydrogen-bond donors (Lipinski definition) is 1. The average Bonchev–Trinajstić information content (AvgIpc) is 3.15. The zero-order chi connectivity index (χ0) is 20.4. The predicted molar refractivity (Wildman–Crippen MR) is 109 cm³/mol. The van der Waals surface area contributed by atoms with E-state index in [4.69, 9.17) is 27.9 Å². The number of carbonyl (C=O) groups is 1. The van der Waals surface area contributed by atoms with Crippen LogP contribution in [0.25, 0.3) is 16.7 Å². The Morgan fingerprint density at radius 1 is 1.14 bits per heavy atom. The highest BCUT2D eigenvalue weighted by Crippen LogP contribution is 2.27. The van der Waals surface area contributed by atoms with Gasteiger partial charge in [-0.2, -0.15) is 5.10 Å². The molecular formula is C19H13Cl2N5O3. The molecule has 146 valence electrons. The lowest BCUT2D eigenvalue weighted by molar-refractivity contribution is -0.119. The van der Waals surface area contributed by atoms with Crippen molar-refractivity contribution in [1.29, 1.82) is 0 Å². The lowest BCUT2D eigenvalue weighted by Gasteiger charge is -2.10.